The summed E-state index contributed by atoms with van der Waals surface area (Å²) < 4.78 is 0. The molecule has 1 heterocycles. The number of aromatic amines is 1. The number of amides is 1. The van der Waals surface area contributed by atoms with Crippen LogP contribution in [0.15, 0.2) is 6.20 Å². The SMILES string of the molecule is C#CC(=O)Nc1[nH]ncc1CC. The van der Waals surface area contributed by atoms with Crippen molar-refractivity contribution in [2.24, 2.45) is 0 Å². The van der Waals surface area contributed by atoms with Crippen LogP contribution < -0.4 is 5.32 Å². The van der Waals surface area contributed by atoms with E-state index in [1.165, 1.54) is 0 Å². The van der Waals surface area contributed by atoms with E-state index in [-0.39, 0.29) is 0 Å². The van der Waals surface area contributed by atoms with Crippen molar-refractivity contribution in [2.75, 3.05) is 5.32 Å². The zero-order chi connectivity index (χ0) is 8.97. The van der Waals surface area contributed by atoms with Crippen molar-refractivity contribution in [3.05, 3.63) is 11.8 Å². The average molecular weight is 163 g/mol. The van der Waals surface area contributed by atoms with Gasteiger partial charge in [0.25, 0.3) is 0 Å². The second-order valence-corrected chi connectivity index (χ2v) is 2.22. The van der Waals surface area contributed by atoms with E-state index in [1.807, 2.05) is 12.8 Å². The van der Waals surface area contributed by atoms with E-state index in [0.29, 0.717) is 5.82 Å². The number of aromatic nitrogens is 2. The first-order valence-electron chi connectivity index (χ1n) is 3.57. The lowest BCUT2D eigenvalue weighted by Crippen LogP contribution is -2.09. The molecule has 0 bridgehead atoms. The predicted octanol–water partition coefficient (Wildman–Crippen LogP) is 0.544. The third kappa shape index (κ3) is 1.64. The van der Waals surface area contributed by atoms with Crippen molar-refractivity contribution in [1.82, 2.24) is 10.2 Å². The van der Waals surface area contributed by atoms with Gasteiger partial charge in [-0.3, -0.25) is 15.2 Å². The number of H-pyrrole nitrogens is 1. The lowest BCUT2D eigenvalue weighted by molar-refractivity contribution is -0.111. The molecule has 0 aromatic carbocycles. The molecule has 0 aliphatic rings. The summed E-state index contributed by atoms with van der Waals surface area (Å²) in [6, 6.07) is 0. The number of nitrogens with one attached hydrogen (secondary N) is 2. The fraction of sp³-hybridized carbons (Fsp3) is 0.250. The molecule has 4 heteroatoms. The molecule has 0 saturated carbocycles. The first kappa shape index (κ1) is 8.34. The molecule has 1 aromatic heterocycles. The van der Waals surface area contributed by atoms with Gasteiger partial charge in [0, 0.05) is 5.56 Å². The smallest absolute Gasteiger partial charge is 0.300 e. The molecule has 0 radical (unpaired) electrons. The van der Waals surface area contributed by atoms with Gasteiger partial charge in [-0.2, -0.15) is 5.10 Å². The topological polar surface area (TPSA) is 57.8 Å². The number of anilines is 1. The Morgan fingerprint density at radius 2 is 2.67 bits per heavy atom. The third-order valence-electron chi connectivity index (χ3n) is 1.47. The minimum atomic E-state index is -0.464. The molecule has 0 aliphatic heterocycles. The number of nitrogens with zero attached hydrogens (tertiary/aromatic N) is 1. The molecule has 0 aliphatic carbocycles. The second-order valence-electron chi connectivity index (χ2n) is 2.22. The third-order valence-corrected chi connectivity index (χ3v) is 1.47. The first-order valence-corrected chi connectivity index (χ1v) is 3.57. The monoisotopic (exact) mass is 163 g/mol. The summed E-state index contributed by atoms with van der Waals surface area (Å²) in [5.41, 5.74) is 0.943. The molecule has 0 atom stereocenters. The highest BCUT2D eigenvalue weighted by Crippen LogP contribution is 2.10. The Bertz CT molecular complexity index is 321. The normalized spacial score (nSPS) is 9.00. The summed E-state index contributed by atoms with van der Waals surface area (Å²) >= 11 is 0. The molecule has 12 heavy (non-hydrogen) atoms. The van der Waals surface area contributed by atoms with Crippen LogP contribution in [0.3, 0.4) is 0 Å². The molecule has 0 unspecified atom stereocenters. The second kappa shape index (κ2) is 3.58. The van der Waals surface area contributed by atoms with Crippen molar-refractivity contribution in [3.63, 3.8) is 0 Å². The van der Waals surface area contributed by atoms with Gasteiger partial charge >= 0.3 is 5.91 Å². The summed E-state index contributed by atoms with van der Waals surface area (Å²) in [4.78, 5) is 10.8. The lowest BCUT2D eigenvalue weighted by atomic mass is 10.2. The van der Waals surface area contributed by atoms with E-state index in [2.05, 4.69) is 15.5 Å². The van der Waals surface area contributed by atoms with Crippen molar-refractivity contribution < 1.29 is 4.79 Å². The fourth-order valence-corrected chi connectivity index (χ4v) is 0.837. The van der Waals surface area contributed by atoms with Crippen LogP contribution in [0.25, 0.3) is 0 Å². The molecule has 2 N–H and O–H groups in total. The summed E-state index contributed by atoms with van der Waals surface area (Å²) in [7, 11) is 0. The Labute approximate surface area is 70.4 Å². The summed E-state index contributed by atoms with van der Waals surface area (Å²) in [6.07, 6.45) is 7.34. The van der Waals surface area contributed by atoms with Gasteiger partial charge in [-0.1, -0.05) is 6.92 Å². The maximum absolute atomic E-state index is 10.8. The zero-order valence-corrected chi connectivity index (χ0v) is 6.72. The number of carbonyl (C=O) groups excluding carboxylic acids is 1. The number of terminal acetylenes is 1. The fourth-order valence-electron chi connectivity index (χ4n) is 0.837. The number of hydrogen-bond acceptors (Lipinski definition) is 2. The number of aryl methyl sites for hydroxylation is 1. The van der Waals surface area contributed by atoms with E-state index >= 15 is 0 Å². The molecular formula is C8H9N3O. The van der Waals surface area contributed by atoms with Crippen LogP contribution in [0.1, 0.15) is 12.5 Å². The molecule has 62 valence electrons. The molecular weight excluding hydrogens is 154 g/mol. The van der Waals surface area contributed by atoms with Crippen molar-refractivity contribution in [3.8, 4) is 12.3 Å². The number of rotatable bonds is 2. The average Bonchev–Trinajstić information content (AvgIpc) is 2.51. The highest BCUT2D eigenvalue weighted by Gasteiger charge is 2.04. The van der Waals surface area contributed by atoms with Gasteiger partial charge < -0.3 is 0 Å². The zero-order valence-electron chi connectivity index (χ0n) is 6.72. The molecule has 0 spiro atoms. The van der Waals surface area contributed by atoms with E-state index in [9.17, 15) is 4.79 Å². The predicted molar refractivity (Wildman–Crippen MR) is 45.4 cm³/mol. The van der Waals surface area contributed by atoms with Crippen LogP contribution in [-0.4, -0.2) is 16.1 Å². The summed E-state index contributed by atoms with van der Waals surface area (Å²) in [5, 5.41) is 8.91. The van der Waals surface area contributed by atoms with Crippen molar-refractivity contribution in [2.45, 2.75) is 13.3 Å². The van der Waals surface area contributed by atoms with Gasteiger partial charge in [-0.25, -0.2) is 0 Å². The van der Waals surface area contributed by atoms with Crippen LogP contribution >= 0.6 is 0 Å². The quantitative estimate of drug-likeness (QED) is 0.625. The van der Waals surface area contributed by atoms with Crippen LogP contribution in [0, 0.1) is 12.3 Å². The first-order chi connectivity index (χ1) is 5.77. The van der Waals surface area contributed by atoms with E-state index in [0.717, 1.165) is 12.0 Å². The van der Waals surface area contributed by atoms with Gasteiger partial charge in [-0.05, 0) is 12.3 Å². The van der Waals surface area contributed by atoms with Gasteiger partial charge in [-0.15, -0.1) is 6.42 Å². The minimum absolute atomic E-state index is 0.464. The summed E-state index contributed by atoms with van der Waals surface area (Å²) in [6.45, 7) is 1.97. The van der Waals surface area contributed by atoms with Crippen LogP contribution in [0.5, 0.6) is 0 Å². The Balaban J connectivity index is 2.76. The van der Waals surface area contributed by atoms with Crippen molar-refractivity contribution >= 4 is 11.7 Å². The largest absolute Gasteiger partial charge is 0.301 e. The number of carbonyl (C=O) groups is 1. The molecule has 4 nitrogen and oxygen atoms in total. The summed E-state index contributed by atoms with van der Waals surface area (Å²) in [5.74, 6) is 2.08. The van der Waals surface area contributed by atoms with Gasteiger partial charge in [0.15, 0.2) is 0 Å². The maximum atomic E-state index is 10.8. The molecule has 1 aromatic rings. The van der Waals surface area contributed by atoms with Crippen LogP contribution in [0.4, 0.5) is 5.82 Å². The van der Waals surface area contributed by atoms with Gasteiger partial charge in [0.05, 0.1) is 6.20 Å². The highest BCUT2D eigenvalue weighted by atomic mass is 16.1. The standard InChI is InChI=1S/C8H9N3O/c1-3-6-5-9-11-8(6)10-7(12)4-2/h2,5H,3H2,1H3,(H2,9,10,11,12). The minimum Gasteiger partial charge on any atom is -0.300 e. The molecule has 1 rings (SSSR count). The molecule has 0 fully saturated rings. The van der Waals surface area contributed by atoms with Crippen LogP contribution in [-0.2, 0) is 11.2 Å². The van der Waals surface area contributed by atoms with Crippen LogP contribution in [0.2, 0.25) is 0 Å². The van der Waals surface area contributed by atoms with Gasteiger partial charge in [0.2, 0.25) is 0 Å². The Kier molecular flexibility index (Phi) is 2.49. The lowest BCUT2D eigenvalue weighted by Gasteiger charge is -1.98. The Morgan fingerprint density at radius 3 is 3.25 bits per heavy atom. The van der Waals surface area contributed by atoms with E-state index in [1.54, 1.807) is 6.20 Å². The Hall–Kier alpha value is -1.76. The Morgan fingerprint density at radius 1 is 1.92 bits per heavy atom. The highest BCUT2D eigenvalue weighted by molar-refractivity contribution is 6.03. The maximum Gasteiger partial charge on any atom is 0.301 e. The van der Waals surface area contributed by atoms with E-state index in [4.69, 9.17) is 6.42 Å². The van der Waals surface area contributed by atoms with Crippen molar-refractivity contribution in [1.29, 1.82) is 0 Å². The molecule has 0 saturated heterocycles. The number of hydrogen-bond donors (Lipinski definition) is 2. The van der Waals surface area contributed by atoms with E-state index < -0.39 is 5.91 Å². The molecule has 1 amide bonds. The van der Waals surface area contributed by atoms with Gasteiger partial charge in [0.1, 0.15) is 5.82 Å².